The molecule has 0 rings (SSSR count). The molecule has 0 heterocycles. The van der Waals surface area contributed by atoms with Crippen molar-refractivity contribution < 1.29 is 5.11 Å². The zero-order valence-electron chi connectivity index (χ0n) is 8.52. The van der Waals surface area contributed by atoms with E-state index in [1.807, 2.05) is 0 Å². The molecule has 0 aromatic carbocycles. The van der Waals surface area contributed by atoms with Gasteiger partial charge in [-0.1, -0.05) is 0 Å². The summed E-state index contributed by atoms with van der Waals surface area (Å²) in [6.07, 6.45) is 5.25. The van der Waals surface area contributed by atoms with Crippen LogP contribution in [0.1, 0.15) is 27.2 Å². The fourth-order valence-corrected chi connectivity index (χ4v) is 5.19. The summed E-state index contributed by atoms with van der Waals surface area (Å²) in [6.45, 7) is 6.85. The van der Waals surface area contributed by atoms with Gasteiger partial charge in [-0.05, 0) is 0 Å². The first-order chi connectivity index (χ1) is 5.54. The zero-order chi connectivity index (χ0) is 9.69. The molecule has 3 heteroatoms. The van der Waals surface area contributed by atoms with Crippen LogP contribution < -0.4 is 0 Å². The summed E-state index contributed by atoms with van der Waals surface area (Å²) < 4.78 is 0. The maximum atomic E-state index is 8.79. The summed E-state index contributed by atoms with van der Waals surface area (Å²) in [4.78, 5) is 0. The Bertz CT molecular complexity index is 123. The minimum absolute atomic E-state index is 0.282. The SMILES string of the molecule is CCP(Cl)(CC)(CC)CCCO. The van der Waals surface area contributed by atoms with Gasteiger partial charge in [0.05, 0.1) is 0 Å². The van der Waals surface area contributed by atoms with Gasteiger partial charge in [0.2, 0.25) is 0 Å². The van der Waals surface area contributed by atoms with Crippen LogP contribution in [0.2, 0.25) is 0 Å². The molecule has 0 fully saturated rings. The predicted molar refractivity (Wildman–Crippen MR) is 61.0 cm³/mol. The molecular weight excluding hydrogens is 191 g/mol. The number of aliphatic hydroxyl groups is 1. The Kier molecular flexibility index (Phi) is 5.06. The van der Waals surface area contributed by atoms with E-state index in [2.05, 4.69) is 20.8 Å². The van der Waals surface area contributed by atoms with Crippen molar-refractivity contribution >= 4 is 17.2 Å². The van der Waals surface area contributed by atoms with E-state index >= 15 is 0 Å². The molecule has 0 aliphatic carbocycles. The summed E-state index contributed by atoms with van der Waals surface area (Å²) in [5, 5.41) is 8.79. The Balaban J connectivity index is 4.35. The molecule has 12 heavy (non-hydrogen) atoms. The second kappa shape index (κ2) is 4.79. The molecule has 0 spiro atoms. The van der Waals surface area contributed by atoms with Crippen molar-refractivity contribution in [1.82, 2.24) is 0 Å². The summed E-state index contributed by atoms with van der Waals surface area (Å²) in [7, 11) is 0. The molecule has 0 aromatic rings. The molecule has 0 aromatic heterocycles. The Morgan fingerprint density at radius 3 is 1.75 bits per heavy atom. The van der Waals surface area contributed by atoms with Gasteiger partial charge in [0.15, 0.2) is 0 Å². The monoisotopic (exact) mass is 212 g/mol. The van der Waals surface area contributed by atoms with Crippen LogP contribution in [0.15, 0.2) is 0 Å². The summed E-state index contributed by atoms with van der Waals surface area (Å²) in [5.74, 6) is -1.89. The summed E-state index contributed by atoms with van der Waals surface area (Å²) in [5.41, 5.74) is 0. The molecule has 0 atom stereocenters. The van der Waals surface area contributed by atoms with Crippen LogP contribution >= 0.6 is 17.2 Å². The van der Waals surface area contributed by atoms with Crippen LogP contribution in [0, 0.1) is 0 Å². The molecule has 0 saturated carbocycles. The van der Waals surface area contributed by atoms with Gasteiger partial charge in [-0.25, -0.2) is 0 Å². The van der Waals surface area contributed by atoms with Gasteiger partial charge in [0.25, 0.3) is 0 Å². The average Bonchev–Trinajstić information content (AvgIpc) is 2.15. The van der Waals surface area contributed by atoms with Crippen molar-refractivity contribution in [3.63, 3.8) is 0 Å². The molecule has 0 aliphatic heterocycles. The molecule has 0 amide bonds. The minimum atomic E-state index is -1.89. The van der Waals surface area contributed by atoms with Crippen LogP contribution in [0.5, 0.6) is 0 Å². The number of halogens is 1. The van der Waals surface area contributed by atoms with Crippen LogP contribution in [-0.4, -0.2) is 36.4 Å². The van der Waals surface area contributed by atoms with Crippen LogP contribution in [0.25, 0.3) is 0 Å². The average molecular weight is 213 g/mol. The van der Waals surface area contributed by atoms with Crippen LogP contribution in [0.3, 0.4) is 0 Å². The van der Waals surface area contributed by atoms with E-state index in [4.69, 9.17) is 16.3 Å². The molecule has 0 radical (unpaired) electrons. The van der Waals surface area contributed by atoms with E-state index in [-0.39, 0.29) is 6.61 Å². The molecule has 0 unspecified atom stereocenters. The van der Waals surface area contributed by atoms with Crippen molar-refractivity contribution in [3.8, 4) is 0 Å². The standard InChI is InChI=1S/C9H22ClOP/c1-4-12(10,5-2,6-3)9-7-8-11/h11H,4-9H2,1-3H3. The van der Waals surface area contributed by atoms with Gasteiger partial charge >= 0.3 is 80.7 Å². The van der Waals surface area contributed by atoms with Gasteiger partial charge in [-0.15, -0.1) is 0 Å². The van der Waals surface area contributed by atoms with Crippen molar-refractivity contribution in [1.29, 1.82) is 0 Å². The van der Waals surface area contributed by atoms with Gasteiger partial charge in [0.1, 0.15) is 0 Å². The van der Waals surface area contributed by atoms with E-state index in [1.54, 1.807) is 0 Å². The van der Waals surface area contributed by atoms with Gasteiger partial charge in [0, 0.05) is 0 Å². The van der Waals surface area contributed by atoms with Gasteiger partial charge in [-0.2, -0.15) is 0 Å². The number of rotatable bonds is 6. The third kappa shape index (κ3) is 2.87. The van der Waals surface area contributed by atoms with Gasteiger partial charge in [-0.3, -0.25) is 0 Å². The Hall–Kier alpha value is 0.680. The van der Waals surface area contributed by atoms with Gasteiger partial charge < -0.3 is 0 Å². The van der Waals surface area contributed by atoms with Crippen LogP contribution in [-0.2, 0) is 0 Å². The fraction of sp³-hybridized carbons (Fsp3) is 1.00. The van der Waals surface area contributed by atoms with Crippen molar-refractivity contribution in [2.45, 2.75) is 27.2 Å². The molecule has 0 saturated heterocycles. The first kappa shape index (κ1) is 12.7. The summed E-state index contributed by atoms with van der Waals surface area (Å²) >= 11 is 6.75. The fourth-order valence-electron chi connectivity index (χ4n) is 1.61. The topological polar surface area (TPSA) is 20.2 Å². The first-order valence-corrected chi connectivity index (χ1v) is 8.75. The maximum absolute atomic E-state index is 8.79. The third-order valence-corrected chi connectivity index (χ3v) is 12.1. The second-order valence-corrected chi connectivity index (χ2v) is 12.4. The Morgan fingerprint density at radius 2 is 1.50 bits per heavy atom. The summed E-state index contributed by atoms with van der Waals surface area (Å²) in [6, 6.07) is 0. The number of hydrogen-bond donors (Lipinski definition) is 1. The van der Waals surface area contributed by atoms with Crippen molar-refractivity contribution in [2.24, 2.45) is 0 Å². The predicted octanol–water partition coefficient (Wildman–Crippen LogP) is 3.14. The van der Waals surface area contributed by atoms with Crippen LogP contribution in [0.4, 0.5) is 0 Å². The number of aliphatic hydroxyl groups excluding tert-OH is 1. The normalized spacial score (nSPS) is 15.6. The van der Waals surface area contributed by atoms with E-state index in [0.717, 1.165) is 31.1 Å². The Labute approximate surface area is 81.2 Å². The molecule has 0 bridgehead atoms. The molecular formula is C9H22ClOP. The van der Waals surface area contributed by atoms with E-state index in [1.165, 1.54) is 0 Å². The second-order valence-electron chi connectivity index (χ2n) is 3.57. The number of hydrogen-bond acceptors (Lipinski definition) is 1. The van der Waals surface area contributed by atoms with E-state index in [0.29, 0.717) is 0 Å². The Morgan fingerprint density at radius 1 is 1.08 bits per heavy atom. The zero-order valence-corrected chi connectivity index (χ0v) is 10.2. The molecule has 1 nitrogen and oxygen atoms in total. The third-order valence-electron chi connectivity index (χ3n) is 3.25. The first-order valence-electron chi connectivity index (χ1n) is 4.87. The van der Waals surface area contributed by atoms with Crippen molar-refractivity contribution in [2.75, 3.05) is 31.3 Å². The molecule has 76 valence electrons. The quantitative estimate of drug-likeness (QED) is 0.671. The van der Waals surface area contributed by atoms with Crippen molar-refractivity contribution in [3.05, 3.63) is 0 Å². The van der Waals surface area contributed by atoms with E-state index < -0.39 is 5.96 Å². The molecule has 0 aliphatic rings. The molecule has 1 N–H and O–H groups in total. The van der Waals surface area contributed by atoms with E-state index in [9.17, 15) is 0 Å².